The topological polar surface area (TPSA) is 38.3 Å². The lowest BCUT2D eigenvalue weighted by atomic mass is 10.1. The monoisotopic (exact) mass is 269 g/mol. The van der Waals surface area contributed by atoms with Gasteiger partial charge in [0.25, 0.3) is 0 Å². The molecule has 1 unspecified atom stereocenters. The van der Waals surface area contributed by atoms with Crippen LogP contribution >= 0.6 is 0 Å². The van der Waals surface area contributed by atoms with Crippen LogP contribution in [0.5, 0.6) is 0 Å². The molecule has 1 N–H and O–H groups in total. The van der Waals surface area contributed by atoms with Crippen LogP contribution in [0.1, 0.15) is 24.0 Å². The SMILES string of the molecule is Cc1oc2ccccc2c1CNC(C)Cc1ccco1. The highest BCUT2D eigenvalue weighted by molar-refractivity contribution is 5.82. The molecule has 0 saturated carbocycles. The number of furan rings is 2. The van der Waals surface area contributed by atoms with Gasteiger partial charge in [0.15, 0.2) is 0 Å². The second-order valence-electron chi connectivity index (χ2n) is 5.20. The molecule has 3 heteroatoms. The molecule has 0 aliphatic carbocycles. The van der Waals surface area contributed by atoms with E-state index >= 15 is 0 Å². The summed E-state index contributed by atoms with van der Waals surface area (Å²) in [7, 11) is 0. The fourth-order valence-corrected chi connectivity index (χ4v) is 2.52. The molecule has 104 valence electrons. The van der Waals surface area contributed by atoms with E-state index in [1.807, 2.05) is 37.3 Å². The number of hydrogen-bond acceptors (Lipinski definition) is 3. The van der Waals surface area contributed by atoms with Gasteiger partial charge in [-0.25, -0.2) is 0 Å². The summed E-state index contributed by atoms with van der Waals surface area (Å²) >= 11 is 0. The van der Waals surface area contributed by atoms with Gasteiger partial charge < -0.3 is 14.2 Å². The van der Waals surface area contributed by atoms with E-state index in [2.05, 4.69) is 18.3 Å². The number of fused-ring (bicyclic) bond motifs is 1. The Labute approximate surface area is 118 Å². The van der Waals surface area contributed by atoms with Crippen LogP contribution in [-0.4, -0.2) is 6.04 Å². The molecular formula is C17H19NO2. The maximum atomic E-state index is 5.78. The number of para-hydroxylation sites is 1. The number of hydrogen-bond donors (Lipinski definition) is 1. The number of aryl methyl sites for hydroxylation is 1. The van der Waals surface area contributed by atoms with Gasteiger partial charge in [-0.1, -0.05) is 18.2 Å². The van der Waals surface area contributed by atoms with Crippen LogP contribution in [0.25, 0.3) is 11.0 Å². The molecule has 2 heterocycles. The molecule has 0 aliphatic rings. The average molecular weight is 269 g/mol. The minimum Gasteiger partial charge on any atom is -0.469 e. The van der Waals surface area contributed by atoms with Crippen molar-refractivity contribution in [3.8, 4) is 0 Å². The fourth-order valence-electron chi connectivity index (χ4n) is 2.52. The van der Waals surface area contributed by atoms with Crippen molar-refractivity contribution >= 4 is 11.0 Å². The molecule has 0 bridgehead atoms. The lowest BCUT2D eigenvalue weighted by Gasteiger charge is -2.12. The van der Waals surface area contributed by atoms with E-state index in [1.165, 1.54) is 10.9 Å². The fraction of sp³-hybridized carbons (Fsp3) is 0.294. The molecule has 2 aromatic heterocycles. The van der Waals surface area contributed by atoms with Crippen molar-refractivity contribution in [3.63, 3.8) is 0 Å². The first-order valence-electron chi connectivity index (χ1n) is 6.97. The zero-order valence-corrected chi connectivity index (χ0v) is 11.8. The highest BCUT2D eigenvalue weighted by Crippen LogP contribution is 2.25. The molecule has 0 saturated heterocycles. The van der Waals surface area contributed by atoms with Gasteiger partial charge in [-0.05, 0) is 32.0 Å². The molecule has 0 aliphatic heterocycles. The van der Waals surface area contributed by atoms with E-state index in [-0.39, 0.29) is 0 Å². The first kappa shape index (κ1) is 13.0. The Hall–Kier alpha value is -2.00. The van der Waals surface area contributed by atoms with Gasteiger partial charge in [0.1, 0.15) is 17.1 Å². The third-order valence-electron chi connectivity index (χ3n) is 3.61. The smallest absolute Gasteiger partial charge is 0.134 e. The summed E-state index contributed by atoms with van der Waals surface area (Å²) < 4.78 is 11.2. The molecule has 1 aromatic carbocycles. The van der Waals surface area contributed by atoms with E-state index in [9.17, 15) is 0 Å². The molecular weight excluding hydrogens is 250 g/mol. The Morgan fingerprint density at radius 3 is 2.80 bits per heavy atom. The maximum absolute atomic E-state index is 5.78. The Morgan fingerprint density at radius 1 is 1.15 bits per heavy atom. The van der Waals surface area contributed by atoms with Gasteiger partial charge in [0.05, 0.1) is 6.26 Å². The predicted molar refractivity (Wildman–Crippen MR) is 79.7 cm³/mol. The molecule has 0 radical (unpaired) electrons. The van der Waals surface area contributed by atoms with Crippen molar-refractivity contribution in [1.82, 2.24) is 5.32 Å². The van der Waals surface area contributed by atoms with E-state index in [1.54, 1.807) is 6.26 Å². The van der Waals surface area contributed by atoms with Gasteiger partial charge in [0, 0.05) is 30.0 Å². The van der Waals surface area contributed by atoms with Crippen LogP contribution in [0.15, 0.2) is 51.5 Å². The van der Waals surface area contributed by atoms with Crippen LogP contribution in [0, 0.1) is 6.92 Å². The molecule has 3 aromatic rings. The lowest BCUT2D eigenvalue weighted by molar-refractivity contribution is 0.455. The summed E-state index contributed by atoms with van der Waals surface area (Å²) in [5, 5.41) is 4.73. The Bertz CT molecular complexity index is 682. The van der Waals surface area contributed by atoms with Crippen molar-refractivity contribution in [2.75, 3.05) is 0 Å². The minimum atomic E-state index is 0.356. The van der Waals surface area contributed by atoms with E-state index in [0.29, 0.717) is 6.04 Å². The molecule has 3 rings (SSSR count). The van der Waals surface area contributed by atoms with Gasteiger partial charge in [0.2, 0.25) is 0 Å². The summed E-state index contributed by atoms with van der Waals surface area (Å²) in [6.45, 7) is 5.00. The maximum Gasteiger partial charge on any atom is 0.134 e. The van der Waals surface area contributed by atoms with E-state index in [4.69, 9.17) is 8.83 Å². The molecule has 1 atom stereocenters. The Balaban J connectivity index is 1.69. The standard InChI is InChI=1S/C17H19NO2/c1-12(10-14-6-5-9-19-14)18-11-16-13(2)20-17-8-4-3-7-15(16)17/h3-9,12,18H,10-11H2,1-2H3. The van der Waals surface area contributed by atoms with Crippen molar-refractivity contribution in [3.05, 3.63) is 59.7 Å². The summed E-state index contributed by atoms with van der Waals surface area (Å²) in [6, 6.07) is 12.5. The van der Waals surface area contributed by atoms with E-state index < -0.39 is 0 Å². The zero-order chi connectivity index (χ0) is 13.9. The van der Waals surface area contributed by atoms with Crippen molar-refractivity contribution in [1.29, 1.82) is 0 Å². The summed E-state index contributed by atoms with van der Waals surface area (Å²) in [5.74, 6) is 2.00. The van der Waals surface area contributed by atoms with Gasteiger partial charge in [-0.2, -0.15) is 0 Å². The predicted octanol–water partition coefficient (Wildman–Crippen LogP) is 4.06. The van der Waals surface area contributed by atoms with Crippen LogP contribution in [-0.2, 0) is 13.0 Å². The second kappa shape index (κ2) is 5.55. The van der Waals surface area contributed by atoms with Crippen molar-refractivity contribution in [2.45, 2.75) is 32.9 Å². The van der Waals surface area contributed by atoms with Crippen LogP contribution < -0.4 is 5.32 Å². The second-order valence-corrected chi connectivity index (χ2v) is 5.20. The quantitative estimate of drug-likeness (QED) is 0.759. The van der Waals surface area contributed by atoms with E-state index in [0.717, 1.165) is 30.1 Å². The highest BCUT2D eigenvalue weighted by atomic mass is 16.3. The molecule has 0 spiro atoms. The van der Waals surface area contributed by atoms with Gasteiger partial charge in [-0.3, -0.25) is 0 Å². The summed E-state index contributed by atoms with van der Waals surface area (Å²) in [5.41, 5.74) is 2.20. The van der Waals surface area contributed by atoms with Gasteiger partial charge in [-0.15, -0.1) is 0 Å². The third-order valence-corrected chi connectivity index (χ3v) is 3.61. The number of nitrogens with one attached hydrogen (secondary N) is 1. The first-order valence-corrected chi connectivity index (χ1v) is 6.97. The Kier molecular flexibility index (Phi) is 3.61. The molecule has 0 fully saturated rings. The molecule has 20 heavy (non-hydrogen) atoms. The minimum absolute atomic E-state index is 0.356. The van der Waals surface area contributed by atoms with Crippen LogP contribution in [0.2, 0.25) is 0 Å². The van der Waals surface area contributed by atoms with Crippen molar-refractivity contribution < 1.29 is 8.83 Å². The van der Waals surface area contributed by atoms with Crippen LogP contribution in [0.4, 0.5) is 0 Å². The Morgan fingerprint density at radius 2 is 2.00 bits per heavy atom. The normalized spacial score (nSPS) is 12.9. The number of benzene rings is 1. The molecule has 3 nitrogen and oxygen atoms in total. The third kappa shape index (κ3) is 2.63. The number of rotatable bonds is 5. The van der Waals surface area contributed by atoms with Gasteiger partial charge >= 0.3 is 0 Å². The van der Waals surface area contributed by atoms with Crippen molar-refractivity contribution in [2.24, 2.45) is 0 Å². The zero-order valence-electron chi connectivity index (χ0n) is 11.8. The van der Waals surface area contributed by atoms with Crippen LogP contribution in [0.3, 0.4) is 0 Å². The largest absolute Gasteiger partial charge is 0.469 e. The summed E-state index contributed by atoms with van der Waals surface area (Å²) in [4.78, 5) is 0. The lowest BCUT2D eigenvalue weighted by Crippen LogP contribution is -2.27. The highest BCUT2D eigenvalue weighted by Gasteiger charge is 2.12. The average Bonchev–Trinajstić information content (AvgIpc) is 3.03. The summed E-state index contributed by atoms with van der Waals surface area (Å²) in [6.07, 6.45) is 2.61. The first-order chi connectivity index (χ1) is 9.74. The molecule has 0 amide bonds.